The van der Waals surface area contributed by atoms with Crippen molar-refractivity contribution in [3.8, 4) is 5.75 Å². The molecule has 0 unspecified atom stereocenters. The number of methoxy groups -OCH3 is 1. The normalized spacial score (nSPS) is 20.5. The van der Waals surface area contributed by atoms with Crippen LogP contribution in [-0.4, -0.2) is 54.9 Å². The highest BCUT2D eigenvalue weighted by molar-refractivity contribution is 6.06. The number of carbonyl (C=O) groups is 1. The molecule has 130 valence electrons. The van der Waals surface area contributed by atoms with Crippen LogP contribution < -0.4 is 4.74 Å². The zero-order valence-electron chi connectivity index (χ0n) is 14.6. The van der Waals surface area contributed by atoms with E-state index in [0.29, 0.717) is 11.3 Å². The third-order valence-electron chi connectivity index (χ3n) is 5.22. The first-order valence-corrected chi connectivity index (χ1v) is 9.11. The highest BCUT2D eigenvalue weighted by Crippen LogP contribution is 2.22. The molecular weight excluding hydrogens is 300 g/mol. The number of carbonyl (C=O) groups excluding carboxylic acids is 1. The predicted molar refractivity (Wildman–Crippen MR) is 96.5 cm³/mol. The Balaban J connectivity index is 1.52. The van der Waals surface area contributed by atoms with Crippen molar-refractivity contribution >= 4 is 5.78 Å². The number of rotatable bonds is 5. The maximum absolute atomic E-state index is 12.4. The number of nitrogens with zero attached hydrogens (tertiary/aromatic N) is 2. The smallest absolute Gasteiger partial charge is 0.191 e. The van der Waals surface area contributed by atoms with Crippen LogP contribution in [0.1, 0.15) is 42.5 Å². The summed E-state index contributed by atoms with van der Waals surface area (Å²) in [4.78, 5) is 17.3. The lowest BCUT2D eigenvalue weighted by atomic mass is 10.00. The van der Waals surface area contributed by atoms with E-state index in [4.69, 9.17) is 4.74 Å². The van der Waals surface area contributed by atoms with Gasteiger partial charge in [-0.15, -0.1) is 0 Å². The van der Waals surface area contributed by atoms with Crippen LogP contribution in [0.3, 0.4) is 0 Å². The maximum atomic E-state index is 12.4. The van der Waals surface area contributed by atoms with E-state index < -0.39 is 0 Å². The summed E-state index contributed by atoms with van der Waals surface area (Å²) in [5.41, 5.74) is 0.624. The molecular formula is C20H28N2O2. The van der Waals surface area contributed by atoms with Crippen LogP contribution in [-0.2, 0) is 0 Å². The fraction of sp³-hybridized carbons (Fsp3) is 0.550. The first-order chi connectivity index (χ1) is 11.8. The SMILES string of the molecule is COc1ccccc1C(=O)C=CN1CCC(N2CCCCC2)CC1. The number of hydrogen-bond acceptors (Lipinski definition) is 4. The third kappa shape index (κ3) is 4.18. The van der Waals surface area contributed by atoms with Crippen LogP contribution in [0.15, 0.2) is 36.5 Å². The van der Waals surface area contributed by atoms with Gasteiger partial charge in [-0.2, -0.15) is 0 Å². The molecule has 0 atom stereocenters. The lowest BCUT2D eigenvalue weighted by Gasteiger charge is -2.40. The summed E-state index contributed by atoms with van der Waals surface area (Å²) in [5.74, 6) is 0.640. The molecule has 0 amide bonds. The first kappa shape index (κ1) is 17.0. The van der Waals surface area contributed by atoms with Crippen molar-refractivity contribution in [1.29, 1.82) is 0 Å². The van der Waals surface area contributed by atoms with Crippen LogP contribution >= 0.6 is 0 Å². The molecule has 1 aromatic rings. The van der Waals surface area contributed by atoms with Gasteiger partial charge < -0.3 is 14.5 Å². The zero-order valence-corrected chi connectivity index (χ0v) is 14.6. The van der Waals surface area contributed by atoms with Crippen molar-refractivity contribution in [1.82, 2.24) is 9.80 Å². The number of allylic oxidation sites excluding steroid dienone is 1. The molecule has 0 saturated carbocycles. The van der Waals surface area contributed by atoms with Gasteiger partial charge in [0, 0.05) is 31.4 Å². The van der Waals surface area contributed by atoms with Gasteiger partial charge in [0.05, 0.1) is 12.7 Å². The Morgan fingerprint density at radius 1 is 1.08 bits per heavy atom. The average Bonchev–Trinajstić information content (AvgIpc) is 2.67. The summed E-state index contributed by atoms with van der Waals surface area (Å²) >= 11 is 0. The lowest BCUT2D eigenvalue weighted by Crippen LogP contribution is -2.45. The molecule has 0 aliphatic carbocycles. The lowest BCUT2D eigenvalue weighted by molar-refractivity contribution is 0.103. The van der Waals surface area contributed by atoms with Gasteiger partial charge >= 0.3 is 0 Å². The molecule has 2 heterocycles. The monoisotopic (exact) mass is 328 g/mol. The van der Waals surface area contributed by atoms with Gasteiger partial charge in [-0.3, -0.25) is 4.79 Å². The molecule has 24 heavy (non-hydrogen) atoms. The standard InChI is InChI=1S/C20H28N2O2/c1-24-20-8-4-3-7-18(20)19(23)11-16-21-14-9-17(10-15-21)22-12-5-2-6-13-22/h3-4,7-8,11,16-17H,2,5-6,9-10,12-15H2,1H3. The highest BCUT2D eigenvalue weighted by Gasteiger charge is 2.24. The Kier molecular flexibility index (Phi) is 5.91. The Labute approximate surface area is 145 Å². The number of hydrogen-bond donors (Lipinski definition) is 0. The van der Waals surface area contributed by atoms with Gasteiger partial charge in [-0.05, 0) is 50.9 Å². The molecule has 1 aromatic carbocycles. The van der Waals surface area contributed by atoms with E-state index in [-0.39, 0.29) is 5.78 Å². The second kappa shape index (κ2) is 8.34. The van der Waals surface area contributed by atoms with Crippen molar-refractivity contribution in [3.63, 3.8) is 0 Å². The van der Waals surface area contributed by atoms with E-state index in [2.05, 4.69) is 9.80 Å². The van der Waals surface area contributed by atoms with Gasteiger partial charge in [0.15, 0.2) is 5.78 Å². The fourth-order valence-corrected chi connectivity index (χ4v) is 3.79. The Morgan fingerprint density at radius 2 is 1.79 bits per heavy atom. The van der Waals surface area contributed by atoms with Gasteiger partial charge in [-0.1, -0.05) is 18.6 Å². The Bertz CT molecular complexity index is 571. The second-order valence-corrected chi connectivity index (χ2v) is 6.74. The predicted octanol–water partition coefficient (Wildman–Crippen LogP) is 3.34. The van der Waals surface area contributed by atoms with Crippen LogP contribution in [0.5, 0.6) is 5.75 Å². The molecule has 4 heteroatoms. The summed E-state index contributed by atoms with van der Waals surface area (Å²) in [6.45, 7) is 4.62. The second-order valence-electron chi connectivity index (χ2n) is 6.74. The number of ether oxygens (including phenoxy) is 1. The highest BCUT2D eigenvalue weighted by atomic mass is 16.5. The van der Waals surface area contributed by atoms with Crippen molar-refractivity contribution in [3.05, 3.63) is 42.1 Å². The molecule has 2 aliphatic rings. The van der Waals surface area contributed by atoms with Crippen LogP contribution in [0.4, 0.5) is 0 Å². The molecule has 3 rings (SSSR count). The molecule has 0 radical (unpaired) electrons. The van der Waals surface area contributed by atoms with Crippen molar-refractivity contribution in [2.24, 2.45) is 0 Å². The Morgan fingerprint density at radius 3 is 2.50 bits per heavy atom. The topological polar surface area (TPSA) is 32.8 Å². The molecule has 2 saturated heterocycles. The molecule has 0 bridgehead atoms. The number of likely N-dealkylation sites (tertiary alicyclic amines) is 2. The van der Waals surface area contributed by atoms with E-state index in [9.17, 15) is 4.79 Å². The van der Waals surface area contributed by atoms with Crippen LogP contribution in [0.2, 0.25) is 0 Å². The molecule has 4 nitrogen and oxygen atoms in total. The first-order valence-electron chi connectivity index (χ1n) is 9.11. The number of benzene rings is 1. The van der Waals surface area contributed by atoms with E-state index in [0.717, 1.165) is 19.1 Å². The van der Waals surface area contributed by atoms with Gasteiger partial charge in [0.25, 0.3) is 0 Å². The van der Waals surface area contributed by atoms with Crippen LogP contribution in [0.25, 0.3) is 0 Å². The number of para-hydroxylation sites is 1. The minimum Gasteiger partial charge on any atom is -0.496 e. The van der Waals surface area contributed by atoms with Gasteiger partial charge in [0.2, 0.25) is 0 Å². The summed E-state index contributed by atoms with van der Waals surface area (Å²) in [7, 11) is 1.60. The average molecular weight is 328 g/mol. The van der Waals surface area contributed by atoms with E-state index >= 15 is 0 Å². The summed E-state index contributed by atoms with van der Waals surface area (Å²) in [6, 6.07) is 8.12. The van der Waals surface area contributed by atoms with Crippen molar-refractivity contribution in [2.45, 2.75) is 38.1 Å². The quantitative estimate of drug-likeness (QED) is 0.613. The summed E-state index contributed by atoms with van der Waals surface area (Å²) < 4.78 is 5.27. The molecule has 2 fully saturated rings. The fourth-order valence-electron chi connectivity index (χ4n) is 3.79. The third-order valence-corrected chi connectivity index (χ3v) is 5.22. The van der Waals surface area contributed by atoms with Gasteiger partial charge in [-0.25, -0.2) is 0 Å². The van der Waals surface area contributed by atoms with E-state index in [1.807, 2.05) is 30.5 Å². The van der Waals surface area contributed by atoms with Gasteiger partial charge in [0.1, 0.15) is 5.75 Å². The van der Waals surface area contributed by atoms with E-state index in [1.54, 1.807) is 13.2 Å². The van der Waals surface area contributed by atoms with Crippen molar-refractivity contribution < 1.29 is 9.53 Å². The zero-order chi connectivity index (χ0) is 16.8. The summed E-state index contributed by atoms with van der Waals surface area (Å²) in [5, 5.41) is 0. The maximum Gasteiger partial charge on any atom is 0.191 e. The molecule has 0 spiro atoms. The van der Waals surface area contributed by atoms with Crippen molar-refractivity contribution in [2.75, 3.05) is 33.3 Å². The number of ketones is 1. The molecule has 2 aliphatic heterocycles. The largest absolute Gasteiger partial charge is 0.496 e. The molecule has 0 aromatic heterocycles. The minimum absolute atomic E-state index is 0.00519. The molecule has 0 N–H and O–H groups in total. The Hall–Kier alpha value is -1.81. The minimum atomic E-state index is 0.00519. The summed E-state index contributed by atoms with van der Waals surface area (Å²) in [6.07, 6.45) is 10.1. The van der Waals surface area contributed by atoms with E-state index in [1.165, 1.54) is 45.2 Å². The van der Waals surface area contributed by atoms with Crippen LogP contribution in [0, 0.1) is 0 Å². The number of piperidine rings is 2.